The van der Waals surface area contributed by atoms with Gasteiger partial charge in [0.15, 0.2) is 6.10 Å². The molecule has 88 valence electrons. The van der Waals surface area contributed by atoms with Gasteiger partial charge in [0.25, 0.3) is 0 Å². The summed E-state index contributed by atoms with van der Waals surface area (Å²) in [5, 5.41) is 9.73. The van der Waals surface area contributed by atoms with Crippen LogP contribution < -0.4 is 0 Å². The van der Waals surface area contributed by atoms with Crippen LogP contribution in [0.4, 0.5) is 0 Å². The van der Waals surface area contributed by atoms with Gasteiger partial charge in [-0.25, -0.2) is 4.79 Å². The van der Waals surface area contributed by atoms with Crippen molar-refractivity contribution < 1.29 is 14.6 Å². The van der Waals surface area contributed by atoms with Crippen molar-refractivity contribution in [3.63, 3.8) is 0 Å². The lowest BCUT2D eigenvalue weighted by molar-refractivity contribution is -0.153. The second kappa shape index (κ2) is 5.92. The van der Waals surface area contributed by atoms with Gasteiger partial charge in [-0.15, -0.1) is 11.8 Å². The van der Waals surface area contributed by atoms with Gasteiger partial charge in [-0.1, -0.05) is 12.1 Å². The third kappa shape index (κ3) is 3.00. The van der Waals surface area contributed by atoms with Crippen LogP contribution in [-0.4, -0.2) is 23.9 Å². The maximum atomic E-state index is 11.3. The lowest BCUT2D eigenvalue weighted by atomic mass is 10.1. The maximum Gasteiger partial charge on any atom is 0.339 e. The molecule has 1 unspecified atom stereocenters. The van der Waals surface area contributed by atoms with E-state index in [1.165, 1.54) is 0 Å². The summed E-state index contributed by atoms with van der Waals surface area (Å²) < 4.78 is 4.76. The van der Waals surface area contributed by atoms with E-state index in [2.05, 4.69) is 0 Å². The first kappa shape index (κ1) is 13.1. The first-order valence-corrected chi connectivity index (χ1v) is 6.31. The summed E-state index contributed by atoms with van der Waals surface area (Å²) in [4.78, 5) is 12.5. The molecule has 0 fully saturated rings. The Hall–Kier alpha value is -1.00. The number of benzene rings is 1. The summed E-state index contributed by atoms with van der Waals surface area (Å²) in [7, 11) is 0. The summed E-state index contributed by atoms with van der Waals surface area (Å²) in [6.45, 7) is 3.94. The lowest BCUT2D eigenvalue weighted by Crippen LogP contribution is -2.15. The smallest absolute Gasteiger partial charge is 0.339 e. The third-order valence-corrected chi connectivity index (χ3v) is 3.14. The van der Waals surface area contributed by atoms with Crippen molar-refractivity contribution in [2.75, 3.05) is 12.9 Å². The molecule has 3 nitrogen and oxygen atoms in total. The largest absolute Gasteiger partial charge is 0.464 e. The molecule has 0 heterocycles. The molecular weight excluding hydrogens is 224 g/mol. The molecule has 0 radical (unpaired) electrons. The highest BCUT2D eigenvalue weighted by Crippen LogP contribution is 2.24. The molecule has 1 N–H and O–H groups in total. The van der Waals surface area contributed by atoms with E-state index in [9.17, 15) is 9.90 Å². The number of hydrogen-bond donors (Lipinski definition) is 1. The minimum Gasteiger partial charge on any atom is -0.464 e. The molecule has 0 aliphatic rings. The predicted octanol–water partition coefficient (Wildman–Crippen LogP) is 2.31. The summed E-state index contributed by atoms with van der Waals surface area (Å²) in [6.07, 6.45) is 0.804. The van der Waals surface area contributed by atoms with Gasteiger partial charge in [-0.05, 0) is 37.3 Å². The van der Waals surface area contributed by atoms with Crippen molar-refractivity contribution >= 4 is 17.7 Å². The Morgan fingerprint density at radius 2 is 2.25 bits per heavy atom. The van der Waals surface area contributed by atoms with E-state index in [1.54, 1.807) is 24.8 Å². The number of carbonyl (C=O) groups excluding carboxylic acids is 1. The van der Waals surface area contributed by atoms with Gasteiger partial charge in [0.05, 0.1) is 6.61 Å². The van der Waals surface area contributed by atoms with Gasteiger partial charge in [0.1, 0.15) is 0 Å². The number of aliphatic hydroxyl groups excluding tert-OH is 1. The number of hydrogen-bond acceptors (Lipinski definition) is 4. The third-order valence-electron chi connectivity index (χ3n) is 2.24. The summed E-state index contributed by atoms with van der Waals surface area (Å²) in [6, 6.07) is 5.46. The molecule has 0 aliphatic carbocycles. The fraction of sp³-hybridized carbons (Fsp3) is 0.417. The second-order valence-electron chi connectivity index (χ2n) is 3.38. The molecule has 0 amide bonds. The Morgan fingerprint density at radius 1 is 1.56 bits per heavy atom. The minimum absolute atomic E-state index is 0.276. The Bertz CT molecular complexity index is 377. The number of thioether (sulfide) groups is 1. The van der Waals surface area contributed by atoms with Crippen molar-refractivity contribution in [2.24, 2.45) is 0 Å². The molecule has 1 atom stereocenters. The molecule has 0 bridgehead atoms. The molecule has 1 aromatic rings. The van der Waals surface area contributed by atoms with Crippen LogP contribution in [-0.2, 0) is 9.53 Å². The summed E-state index contributed by atoms with van der Waals surface area (Å²) >= 11 is 1.64. The zero-order chi connectivity index (χ0) is 12.1. The monoisotopic (exact) mass is 240 g/mol. The first-order valence-electron chi connectivity index (χ1n) is 5.09. The summed E-state index contributed by atoms with van der Waals surface area (Å²) in [5.41, 5.74) is 1.63. The number of esters is 1. The molecule has 16 heavy (non-hydrogen) atoms. The van der Waals surface area contributed by atoms with E-state index >= 15 is 0 Å². The van der Waals surface area contributed by atoms with Gasteiger partial charge >= 0.3 is 5.97 Å². The molecule has 4 heteroatoms. The van der Waals surface area contributed by atoms with Gasteiger partial charge in [-0.2, -0.15) is 0 Å². The normalized spacial score (nSPS) is 12.2. The fourth-order valence-electron chi connectivity index (χ4n) is 1.43. The van der Waals surface area contributed by atoms with Gasteiger partial charge in [0.2, 0.25) is 0 Å². The molecule has 1 aromatic carbocycles. The average molecular weight is 240 g/mol. The van der Waals surface area contributed by atoms with E-state index in [0.717, 1.165) is 10.5 Å². The van der Waals surface area contributed by atoms with Crippen LogP contribution in [0.1, 0.15) is 24.2 Å². The number of carbonyl (C=O) groups is 1. The van der Waals surface area contributed by atoms with Crippen LogP contribution in [0.2, 0.25) is 0 Å². The predicted molar refractivity (Wildman–Crippen MR) is 64.6 cm³/mol. The van der Waals surface area contributed by atoms with Crippen LogP contribution in [0, 0.1) is 6.92 Å². The number of aliphatic hydroxyl groups is 1. The number of ether oxygens (including phenoxy) is 1. The van der Waals surface area contributed by atoms with Gasteiger partial charge in [-0.3, -0.25) is 0 Å². The number of rotatable bonds is 4. The van der Waals surface area contributed by atoms with E-state index in [4.69, 9.17) is 4.74 Å². The Balaban J connectivity index is 2.88. The zero-order valence-electron chi connectivity index (χ0n) is 9.69. The molecule has 0 aromatic heterocycles. The quantitative estimate of drug-likeness (QED) is 0.648. The van der Waals surface area contributed by atoms with Crippen LogP contribution in [0.5, 0.6) is 0 Å². The number of aryl methyl sites for hydroxylation is 1. The molecular formula is C12H16O3S. The lowest BCUT2D eigenvalue weighted by Gasteiger charge is -2.11. The minimum atomic E-state index is -1.19. The fourth-order valence-corrected chi connectivity index (χ4v) is 2.01. The van der Waals surface area contributed by atoms with Crippen molar-refractivity contribution in [3.05, 3.63) is 29.3 Å². The molecule has 1 rings (SSSR count). The van der Waals surface area contributed by atoms with E-state index in [1.807, 2.05) is 25.3 Å². The SMILES string of the molecule is CCOC(=O)C(O)c1ccc(SC)c(C)c1. The topological polar surface area (TPSA) is 46.5 Å². The molecule has 0 saturated carbocycles. The van der Waals surface area contributed by atoms with Gasteiger partial charge < -0.3 is 9.84 Å². The highest BCUT2D eigenvalue weighted by Gasteiger charge is 2.18. The van der Waals surface area contributed by atoms with Crippen LogP contribution in [0.3, 0.4) is 0 Å². The van der Waals surface area contributed by atoms with E-state index < -0.39 is 12.1 Å². The second-order valence-corrected chi connectivity index (χ2v) is 4.23. The zero-order valence-corrected chi connectivity index (χ0v) is 10.5. The summed E-state index contributed by atoms with van der Waals surface area (Å²) in [5.74, 6) is -0.598. The standard InChI is InChI=1S/C12H16O3S/c1-4-15-12(14)11(13)9-5-6-10(16-3)8(2)7-9/h5-7,11,13H,4H2,1-3H3. The van der Waals surface area contributed by atoms with Crippen LogP contribution in [0.25, 0.3) is 0 Å². The Labute approximate surface area is 99.8 Å². The van der Waals surface area contributed by atoms with Crippen molar-refractivity contribution in [2.45, 2.75) is 24.8 Å². The maximum absolute atomic E-state index is 11.3. The molecule has 0 aliphatic heterocycles. The van der Waals surface area contributed by atoms with E-state index in [0.29, 0.717) is 5.56 Å². The Kier molecular flexibility index (Phi) is 4.83. The average Bonchev–Trinajstić information content (AvgIpc) is 2.28. The molecule has 0 spiro atoms. The molecule has 0 saturated heterocycles. The van der Waals surface area contributed by atoms with E-state index in [-0.39, 0.29) is 6.61 Å². The van der Waals surface area contributed by atoms with Gasteiger partial charge in [0, 0.05) is 4.90 Å². The van der Waals surface area contributed by atoms with Crippen LogP contribution >= 0.6 is 11.8 Å². The first-order chi connectivity index (χ1) is 7.60. The van der Waals surface area contributed by atoms with Crippen molar-refractivity contribution in [1.82, 2.24) is 0 Å². The van der Waals surface area contributed by atoms with Crippen molar-refractivity contribution in [1.29, 1.82) is 0 Å². The highest BCUT2D eigenvalue weighted by molar-refractivity contribution is 7.98. The van der Waals surface area contributed by atoms with Crippen molar-refractivity contribution in [3.8, 4) is 0 Å². The van der Waals surface area contributed by atoms with Crippen LogP contribution in [0.15, 0.2) is 23.1 Å². The Morgan fingerprint density at radius 3 is 2.75 bits per heavy atom. The highest BCUT2D eigenvalue weighted by atomic mass is 32.2.